The molecule has 158 valence electrons. The summed E-state index contributed by atoms with van der Waals surface area (Å²) in [7, 11) is -4.09. The van der Waals surface area contributed by atoms with E-state index in [1.807, 2.05) is 25.1 Å². The van der Waals surface area contributed by atoms with Gasteiger partial charge in [-0.25, -0.2) is 22.2 Å². The molecule has 30 heavy (non-hydrogen) atoms. The van der Waals surface area contributed by atoms with E-state index < -0.39 is 26.6 Å². The number of thiazole rings is 1. The maximum Gasteiger partial charge on any atom is 0.245 e. The Bertz CT molecular complexity index is 1220. The molecule has 3 aromatic rings. The quantitative estimate of drug-likeness (QED) is 0.652. The van der Waals surface area contributed by atoms with E-state index in [0.29, 0.717) is 24.0 Å². The average Bonchev–Trinajstić information content (AvgIpc) is 3.11. The van der Waals surface area contributed by atoms with Crippen LogP contribution in [-0.4, -0.2) is 36.7 Å². The molecular weight excluding hydrogens is 432 g/mol. The molecule has 1 N–H and O–H groups in total. The number of carbonyl (C=O) groups excluding carboxylic acids is 1. The number of piperidine rings is 1. The molecule has 0 spiro atoms. The van der Waals surface area contributed by atoms with E-state index in [2.05, 4.69) is 10.3 Å². The summed E-state index contributed by atoms with van der Waals surface area (Å²) in [5.41, 5.74) is 1.87. The zero-order valence-electron chi connectivity index (χ0n) is 16.1. The number of aryl methyl sites for hydroxylation is 1. The molecule has 2 aromatic carbocycles. The van der Waals surface area contributed by atoms with Crippen LogP contribution in [0.5, 0.6) is 0 Å². The minimum atomic E-state index is -4.09. The molecule has 1 aliphatic heterocycles. The normalized spacial score (nSPS) is 16.1. The second-order valence-corrected chi connectivity index (χ2v) is 10.1. The van der Waals surface area contributed by atoms with E-state index in [1.165, 1.54) is 11.3 Å². The van der Waals surface area contributed by atoms with Crippen LogP contribution >= 0.6 is 11.3 Å². The van der Waals surface area contributed by atoms with Crippen molar-refractivity contribution in [2.24, 2.45) is 5.92 Å². The number of nitrogens with zero attached hydrogens (tertiary/aromatic N) is 2. The van der Waals surface area contributed by atoms with Crippen LogP contribution in [0.3, 0.4) is 0 Å². The molecule has 0 unspecified atom stereocenters. The number of carbonyl (C=O) groups is 1. The number of nitrogens with one attached hydrogen (secondary N) is 1. The lowest BCUT2D eigenvalue weighted by molar-refractivity contribution is -0.120. The van der Waals surface area contributed by atoms with Crippen molar-refractivity contribution in [2.45, 2.75) is 24.7 Å². The zero-order chi connectivity index (χ0) is 21.5. The number of anilines is 1. The maximum atomic E-state index is 13.9. The fraction of sp³-hybridized carbons (Fsp3) is 0.300. The lowest BCUT2D eigenvalue weighted by atomic mass is 9.97. The topological polar surface area (TPSA) is 79.4 Å². The summed E-state index contributed by atoms with van der Waals surface area (Å²) in [5, 5.41) is 3.33. The number of halogens is 2. The van der Waals surface area contributed by atoms with Crippen molar-refractivity contribution in [3.05, 3.63) is 53.6 Å². The summed E-state index contributed by atoms with van der Waals surface area (Å²) < 4.78 is 54.5. The monoisotopic (exact) mass is 451 g/mol. The number of benzene rings is 2. The molecular formula is C20H19F2N3O3S2. The number of aromatic nitrogens is 1. The molecule has 10 heteroatoms. The third-order valence-corrected chi connectivity index (χ3v) is 8.06. The van der Waals surface area contributed by atoms with Crippen LogP contribution in [0.1, 0.15) is 18.4 Å². The van der Waals surface area contributed by atoms with Gasteiger partial charge in [0.05, 0.1) is 10.2 Å². The zero-order valence-corrected chi connectivity index (χ0v) is 17.7. The molecule has 1 fully saturated rings. The second kappa shape index (κ2) is 8.01. The first-order valence-corrected chi connectivity index (χ1v) is 11.6. The highest BCUT2D eigenvalue weighted by atomic mass is 32.2. The largest absolute Gasteiger partial charge is 0.302 e. The Morgan fingerprint density at radius 1 is 1.20 bits per heavy atom. The number of rotatable bonds is 4. The fourth-order valence-corrected chi connectivity index (χ4v) is 5.99. The van der Waals surface area contributed by atoms with Gasteiger partial charge < -0.3 is 5.32 Å². The van der Waals surface area contributed by atoms with Gasteiger partial charge in [-0.05, 0) is 43.5 Å². The number of para-hydroxylation sites is 1. The molecule has 0 atom stereocenters. The first kappa shape index (κ1) is 20.8. The highest BCUT2D eigenvalue weighted by molar-refractivity contribution is 7.89. The number of hydrogen-bond donors (Lipinski definition) is 1. The van der Waals surface area contributed by atoms with Gasteiger partial charge in [0.2, 0.25) is 15.9 Å². The Morgan fingerprint density at radius 2 is 1.93 bits per heavy atom. The van der Waals surface area contributed by atoms with Crippen molar-refractivity contribution >= 4 is 42.6 Å². The summed E-state index contributed by atoms with van der Waals surface area (Å²) in [6, 6.07) is 8.21. The van der Waals surface area contributed by atoms with E-state index in [4.69, 9.17) is 0 Å². The predicted octanol–water partition coefficient (Wildman–Crippen LogP) is 3.92. The van der Waals surface area contributed by atoms with Crippen LogP contribution in [0, 0.1) is 24.5 Å². The molecule has 1 amide bonds. The van der Waals surface area contributed by atoms with Gasteiger partial charge in [0, 0.05) is 25.1 Å². The van der Waals surface area contributed by atoms with Crippen LogP contribution in [0.15, 0.2) is 41.3 Å². The van der Waals surface area contributed by atoms with Gasteiger partial charge in [0.15, 0.2) is 5.13 Å². The number of sulfonamides is 1. The van der Waals surface area contributed by atoms with Gasteiger partial charge in [-0.15, -0.1) is 0 Å². The molecule has 0 aliphatic carbocycles. The Labute approximate surface area is 176 Å². The first-order valence-electron chi connectivity index (χ1n) is 9.38. The number of amides is 1. The lowest BCUT2D eigenvalue weighted by Gasteiger charge is -2.30. The van der Waals surface area contributed by atoms with Crippen molar-refractivity contribution in [1.29, 1.82) is 0 Å². The lowest BCUT2D eigenvalue weighted by Crippen LogP contribution is -2.41. The van der Waals surface area contributed by atoms with Crippen molar-refractivity contribution in [3.63, 3.8) is 0 Å². The van der Waals surface area contributed by atoms with E-state index in [9.17, 15) is 22.0 Å². The van der Waals surface area contributed by atoms with Crippen LogP contribution in [0.25, 0.3) is 10.2 Å². The van der Waals surface area contributed by atoms with Crippen LogP contribution in [0.2, 0.25) is 0 Å². The standard InChI is InChI=1S/C20H19F2N3O3S2/c1-12-3-2-4-16-18(12)23-20(29-16)24-19(26)13-7-9-25(10-8-13)30(27,28)17-6-5-14(21)11-15(17)22/h2-6,11,13H,7-10H2,1H3,(H,23,24,26). The Balaban J connectivity index is 1.42. The van der Waals surface area contributed by atoms with Crippen molar-refractivity contribution in [1.82, 2.24) is 9.29 Å². The summed E-state index contributed by atoms with van der Waals surface area (Å²) in [6.45, 7) is 2.11. The molecule has 6 nitrogen and oxygen atoms in total. The van der Waals surface area contributed by atoms with Gasteiger partial charge in [0.25, 0.3) is 0 Å². The van der Waals surface area contributed by atoms with Gasteiger partial charge in [-0.3, -0.25) is 4.79 Å². The molecule has 4 rings (SSSR count). The van der Waals surface area contributed by atoms with Crippen molar-refractivity contribution < 1.29 is 22.0 Å². The van der Waals surface area contributed by atoms with Crippen LogP contribution < -0.4 is 5.32 Å². The Kier molecular flexibility index (Phi) is 5.56. The molecule has 1 aromatic heterocycles. The molecule has 0 saturated carbocycles. The van der Waals surface area contributed by atoms with E-state index in [-0.39, 0.29) is 24.9 Å². The summed E-state index contributed by atoms with van der Waals surface area (Å²) in [5.74, 6) is -2.55. The second-order valence-electron chi connectivity index (χ2n) is 7.18. The number of hydrogen-bond acceptors (Lipinski definition) is 5. The smallest absolute Gasteiger partial charge is 0.245 e. The van der Waals surface area contributed by atoms with Crippen molar-refractivity contribution in [3.8, 4) is 0 Å². The molecule has 1 saturated heterocycles. The molecule has 1 aliphatic rings. The summed E-state index contributed by atoms with van der Waals surface area (Å²) in [6.07, 6.45) is 0.607. The average molecular weight is 452 g/mol. The fourth-order valence-electron chi connectivity index (χ4n) is 3.53. The van der Waals surface area contributed by atoms with Crippen LogP contribution in [-0.2, 0) is 14.8 Å². The van der Waals surface area contributed by atoms with Gasteiger partial charge in [-0.2, -0.15) is 4.31 Å². The highest BCUT2D eigenvalue weighted by Gasteiger charge is 2.33. The van der Waals surface area contributed by atoms with Gasteiger partial charge in [0.1, 0.15) is 16.5 Å². The molecule has 2 heterocycles. The van der Waals surface area contributed by atoms with Crippen molar-refractivity contribution in [2.75, 3.05) is 18.4 Å². The maximum absolute atomic E-state index is 13.9. The third-order valence-electron chi connectivity index (χ3n) is 5.19. The first-order chi connectivity index (χ1) is 14.3. The minimum absolute atomic E-state index is 0.0796. The summed E-state index contributed by atoms with van der Waals surface area (Å²) in [4.78, 5) is 16.5. The van der Waals surface area contributed by atoms with E-state index in [1.54, 1.807) is 0 Å². The Morgan fingerprint density at radius 3 is 2.60 bits per heavy atom. The van der Waals surface area contributed by atoms with E-state index >= 15 is 0 Å². The highest BCUT2D eigenvalue weighted by Crippen LogP contribution is 2.30. The van der Waals surface area contributed by atoms with Gasteiger partial charge >= 0.3 is 0 Å². The van der Waals surface area contributed by atoms with Gasteiger partial charge in [-0.1, -0.05) is 23.5 Å². The molecule has 0 radical (unpaired) electrons. The third kappa shape index (κ3) is 3.94. The predicted molar refractivity (Wildman–Crippen MR) is 111 cm³/mol. The van der Waals surface area contributed by atoms with Crippen LogP contribution in [0.4, 0.5) is 13.9 Å². The molecule has 0 bridgehead atoms. The SMILES string of the molecule is Cc1cccc2sc(NC(=O)C3CCN(S(=O)(=O)c4ccc(F)cc4F)CC3)nc12. The summed E-state index contributed by atoms with van der Waals surface area (Å²) >= 11 is 1.39. The Hall–Kier alpha value is -2.43. The minimum Gasteiger partial charge on any atom is -0.302 e. The number of fused-ring (bicyclic) bond motifs is 1. The van der Waals surface area contributed by atoms with E-state index in [0.717, 1.165) is 32.2 Å².